The van der Waals surface area contributed by atoms with Crippen molar-refractivity contribution in [3.63, 3.8) is 0 Å². The lowest BCUT2D eigenvalue weighted by atomic mass is 10.0. The van der Waals surface area contributed by atoms with Crippen LogP contribution in [0, 0.1) is 5.82 Å². The number of carbonyl (C=O) groups excluding carboxylic acids is 1. The van der Waals surface area contributed by atoms with Crippen molar-refractivity contribution in [2.75, 3.05) is 55.7 Å². The quantitative estimate of drug-likeness (QED) is 0.754. The van der Waals surface area contributed by atoms with E-state index >= 15 is 0 Å². The zero-order valence-corrected chi connectivity index (χ0v) is 17.7. The van der Waals surface area contributed by atoms with Crippen LogP contribution in [-0.4, -0.2) is 66.7 Å². The second kappa shape index (κ2) is 8.78. The predicted octanol–water partition coefficient (Wildman–Crippen LogP) is 2.64. The molecular formula is C23H28FN5O2. The molecule has 4 heterocycles. The number of halogens is 1. The van der Waals surface area contributed by atoms with Crippen molar-refractivity contribution in [2.45, 2.75) is 32.2 Å². The number of amides is 1. The Kier molecular flexibility index (Phi) is 5.72. The Morgan fingerprint density at radius 3 is 2.39 bits per heavy atom. The van der Waals surface area contributed by atoms with E-state index in [0.717, 1.165) is 49.2 Å². The maximum Gasteiger partial charge on any atom is 0.254 e. The number of carbonyl (C=O) groups is 1. The van der Waals surface area contributed by atoms with Crippen molar-refractivity contribution >= 4 is 17.7 Å². The van der Waals surface area contributed by atoms with Gasteiger partial charge in [-0.15, -0.1) is 0 Å². The first-order chi connectivity index (χ1) is 15.2. The van der Waals surface area contributed by atoms with Gasteiger partial charge in [0.1, 0.15) is 11.6 Å². The number of hydrogen-bond acceptors (Lipinski definition) is 6. The number of morpholine rings is 1. The molecule has 0 spiro atoms. The third kappa shape index (κ3) is 4.21. The third-order valence-corrected chi connectivity index (χ3v) is 6.35. The summed E-state index contributed by atoms with van der Waals surface area (Å²) in [6.45, 7) is 5.99. The van der Waals surface area contributed by atoms with Gasteiger partial charge in [0.25, 0.3) is 5.91 Å². The van der Waals surface area contributed by atoms with E-state index in [2.05, 4.69) is 9.80 Å². The SMILES string of the molecule is O=C(c1ccc(F)cc1)N1CCc2nc(N3CCCCC3)nc(N3CCOCC3)c2C1. The average molecular weight is 426 g/mol. The molecule has 2 saturated heterocycles. The summed E-state index contributed by atoms with van der Waals surface area (Å²) < 4.78 is 18.8. The molecule has 0 N–H and O–H groups in total. The third-order valence-electron chi connectivity index (χ3n) is 6.35. The molecular weight excluding hydrogens is 397 g/mol. The minimum Gasteiger partial charge on any atom is -0.378 e. The summed E-state index contributed by atoms with van der Waals surface area (Å²) >= 11 is 0. The summed E-state index contributed by atoms with van der Waals surface area (Å²) in [4.78, 5) is 29.4. The number of aromatic nitrogens is 2. The Bertz CT molecular complexity index is 940. The first kappa shape index (κ1) is 20.2. The maximum atomic E-state index is 13.3. The van der Waals surface area contributed by atoms with Crippen LogP contribution in [0.5, 0.6) is 0 Å². The summed E-state index contributed by atoms with van der Waals surface area (Å²) in [7, 11) is 0. The smallest absolute Gasteiger partial charge is 0.254 e. The summed E-state index contributed by atoms with van der Waals surface area (Å²) in [6, 6.07) is 5.76. The second-order valence-corrected chi connectivity index (χ2v) is 8.40. The molecule has 3 aliphatic heterocycles. The van der Waals surface area contributed by atoms with E-state index in [9.17, 15) is 9.18 Å². The molecule has 1 aromatic carbocycles. The average Bonchev–Trinajstić information content (AvgIpc) is 2.84. The van der Waals surface area contributed by atoms with Gasteiger partial charge in [-0.1, -0.05) is 0 Å². The van der Waals surface area contributed by atoms with Crippen LogP contribution in [-0.2, 0) is 17.7 Å². The molecule has 1 aromatic heterocycles. The molecule has 2 aromatic rings. The fraction of sp³-hybridized carbons (Fsp3) is 0.522. The zero-order chi connectivity index (χ0) is 21.2. The molecule has 0 unspecified atom stereocenters. The first-order valence-electron chi connectivity index (χ1n) is 11.2. The van der Waals surface area contributed by atoms with Gasteiger partial charge in [0.2, 0.25) is 5.95 Å². The number of anilines is 2. The van der Waals surface area contributed by atoms with E-state index in [1.54, 1.807) is 12.1 Å². The van der Waals surface area contributed by atoms with Crippen molar-refractivity contribution < 1.29 is 13.9 Å². The summed E-state index contributed by atoms with van der Waals surface area (Å²) in [6.07, 6.45) is 4.31. The van der Waals surface area contributed by atoms with Crippen LogP contribution in [0.2, 0.25) is 0 Å². The number of ether oxygens (including phenoxy) is 1. The van der Waals surface area contributed by atoms with Crippen molar-refractivity contribution in [2.24, 2.45) is 0 Å². The fourth-order valence-electron chi connectivity index (χ4n) is 4.60. The van der Waals surface area contributed by atoms with Gasteiger partial charge < -0.3 is 19.4 Å². The molecule has 7 nitrogen and oxygen atoms in total. The number of hydrogen-bond donors (Lipinski definition) is 0. The second-order valence-electron chi connectivity index (χ2n) is 8.40. The topological polar surface area (TPSA) is 61.8 Å². The Balaban J connectivity index is 1.46. The van der Waals surface area contributed by atoms with Crippen LogP contribution in [0.4, 0.5) is 16.2 Å². The molecule has 0 saturated carbocycles. The van der Waals surface area contributed by atoms with Crippen LogP contribution in [0.1, 0.15) is 40.9 Å². The highest BCUT2D eigenvalue weighted by atomic mass is 19.1. The van der Waals surface area contributed by atoms with Gasteiger partial charge in [-0.05, 0) is 43.5 Å². The molecule has 164 valence electrons. The van der Waals surface area contributed by atoms with Gasteiger partial charge in [0.05, 0.1) is 25.5 Å². The summed E-state index contributed by atoms with van der Waals surface area (Å²) in [5.74, 6) is 1.33. The number of benzene rings is 1. The minimum absolute atomic E-state index is 0.0846. The highest BCUT2D eigenvalue weighted by Gasteiger charge is 2.30. The molecule has 0 bridgehead atoms. The zero-order valence-electron chi connectivity index (χ0n) is 17.7. The Morgan fingerprint density at radius 1 is 0.903 bits per heavy atom. The summed E-state index contributed by atoms with van der Waals surface area (Å²) in [5.41, 5.74) is 2.58. The highest BCUT2D eigenvalue weighted by molar-refractivity contribution is 5.94. The van der Waals surface area contributed by atoms with Gasteiger partial charge in [-0.3, -0.25) is 4.79 Å². The summed E-state index contributed by atoms with van der Waals surface area (Å²) in [5, 5.41) is 0. The molecule has 1 amide bonds. The van der Waals surface area contributed by atoms with Crippen LogP contribution in [0.15, 0.2) is 24.3 Å². The van der Waals surface area contributed by atoms with Gasteiger partial charge in [0.15, 0.2) is 0 Å². The van der Waals surface area contributed by atoms with Gasteiger partial charge in [0, 0.05) is 50.3 Å². The van der Waals surface area contributed by atoms with Crippen molar-refractivity contribution in [1.29, 1.82) is 0 Å². The molecule has 0 aliphatic carbocycles. The number of fused-ring (bicyclic) bond motifs is 1. The normalized spacial score (nSPS) is 19.3. The molecule has 31 heavy (non-hydrogen) atoms. The van der Waals surface area contributed by atoms with E-state index in [1.165, 1.54) is 31.4 Å². The van der Waals surface area contributed by atoms with Gasteiger partial charge >= 0.3 is 0 Å². The minimum atomic E-state index is -0.339. The van der Waals surface area contributed by atoms with E-state index in [4.69, 9.17) is 14.7 Å². The van der Waals surface area contributed by atoms with Crippen LogP contribution in [0.3, 0.4) is 0 Å². The van der Waals surface area contributed by atoms with Crippen molar-refractivity contribution in [3.8, 4) is 0 Å². The lowest BCUT2D eigenvalue weighted by Gasteiger charge is -2.36. The van der Waals surface area contributed by atoms with Crippen LogP contribution in [0.25, 0.3) is 0 Å². The monoisotopic (exact) mass is 425 g/mol. The maximum absolute atomic E-state index is 13.3. The first-order valence-corrected chi connectivity index (χ1v) is 11.2. The molecule has 8 heteroatoms. The largest absolute Gasteiger partial charge is 0.378 e. The van der Waals surface area contributed by atoms with Crippen molar-refractivity contribution in [3.05, 3.63) is 46.9 Å². The van der Waals surface area contributed by atoms with E-state index < -0.39 is 0 Å². The van der Waals surface area contributed by atoms with E-state index in [0.29, 0.717) is 38.3 Å². The Hall–Kier alpha value is -2.74. The number of nitrogens with zero attached hydrogens (tertiary/aromatic N) is 5. The fourth-order valence-corrected chi connectivity index (χ4v) is 4.60. The molecule has 0 atom stereocenters. The predicted molar refractivity (Wildman–Crippen MR) is 116 cm³/mol. The Morgan fingerprint density at radius 2 is 1.65 bits per heavy atom. The van der Waals surface area contributed by atoms with Crippen LogP contribution >= 0.6 is 0 Å². The number of rotatable bonds is 3. The van der Waals surface area contributed by atoms with Gasteiger partial charge in [-0.25, -0.2) is 9.37 Å². The van der Waals surface area contributed by atoms with E-state index in [-0.39, 0.29) is 11.7 Å². The number of piperidine rings is 1. The van der Waals surface area contributed by atoms with Gasteiger partial charge in [-0.2, -0.15) is 4.98 Å². The van der Waals surface area contributed by atoms with Crippen LogP contribution < -0.4 is 9.80 Å². The van der Waals surface area contributed by atoms with E-state index in [1.807, 2.05) is 4.90 Å². The molecule has 0 radical (unpaired) electrons. The lowest BCUT2D eigenvalue weighted by Crippen LogP contribution is -2.42. The highest BCUT2D eigenvalue weighted by Crippen LogP contribution is 2.31. The molecule has 3 aliphatic rings. The standard InChI is InChI=1S/C23H28FN5O2/c24-18-6-4-17(5-7-18)22(30)29-11-8-20-19(16-29)21(27-12-14-31-15-13-27)26-23(25-20)28-9-2-1-3-10-28/h4-7H,1-3,8-16H2. The lowest BCUT2D eigenvalue weighted by molar-refractivity contribution is 0.0733. The van der Waals surface area contributed by atoms with Crippen molar-refractivity contribution in [1.82, 2.24) is 14.9 Å². The molecule has 2 fully saturated rings. The Labute approximate surface area is 181 Å². The molecule has 5 rings (SSSR count).